The van der Waals surface area contributed by atoms with E-state index in [1.807, 2.05) is 0 Å². The molecule has 0 aliphatic heterocycles. The van der Waals surface area contributed by atoms with Crippen LogP contribution in [0.25, 0.3) is 17.0 Å². The summed E-state index contributed by atoms with van der Waals surface area (Å²) in [6, 6.07) is 6.24. The van der Waals surface area contributed by atoms with Crippen LogP contribution in [0.1, 0.15) is 0 Å². The van der Waals surface area contributed by atoms with Gasteiger partial charge in [-0.2, -0.15) is 0 Å². The third-order valence-corrected chi connectivity index (χ3v) is 3.26. The number of rotatable bonds is 1. The Bertz CT molecular complexity index is 743. The Kier molecular flexibility index (Phi) is 2.76. The van der Waals surface area contributed by atoms with Crippen LogP contribution in [0, 0.1) is 5.82 Å². The van der Waals surface area contributed by atoms with Gasteiger partial charge in [-0.3, -0.25) is 4.40 Å². The van der Waals surface area contributed by atoms with Crippen molar-refractivity contribution in [1.82, 2.24) is 19.6 Å². The topological polar surface area (TPSA) is 43.1 Å². The van der Waals surface area contributed by atoms with Gasteiger partial charge in [-0.1, -0.05) is 11.6 Å². The minimum absolute atomic E-state index is 0.325. The van der Waals surface area contributed by atoms with Crippen LogP contribution < -0.4 is 0 Å². The zero-order chi connectivity index (χ0) is 12.7. The van der Waals surface area contributed by atoms with E-state index in [2.05, 4.69) is 31.1 Å². The molecule has 0 spiro atoms. The van der Waals surface area contributed by atoms with Crippen molar-refractivity contribution < 1.29 is 4.39 Å². The van der Waals surface area contributed by atoms with Crippen molar-refractivity contribution in [3.05, 3.63) is 46.0 Å². The molecule has 2 aromatic heterocycles. The van der Waals surface area contributed by atoms with Crippen LogP contribution in [0.4, 0.5) is 4.39 Å². The number of hydrogen-bond acceptors (Lipinski definition) is 3. The molecule has 3 aromatic rings. The minimum Gasteiger partial charge on any atom is -0.265 e. The molecule has 2 heterocycles. The lowest BCUT2D eigenvalue weighted by atomic mass is 10.2. The Hall–Kier alpha value is -1.53. The second-order valence-electron chi connectivity index (χ2n) is 3.59. The molecule has 0 N–H and O–H groups in total. The average molecular weight is 328 g/mol. The molecule has 0 aliphatic rings. The summed E-state index contributed by atoms with van der Waals surface area (Å²) in [5, 5.41) is 8.38. The third kappa shape index (κ3) is 1.87. The highest BCUT2D eigenvalue weighted by atomic mass is 79.9. The summed E-state index contributed by atoms with van der Waals surface area (Å²) in [5.74, 6) is 0.253. The summed E-state index contributed by atoms with van der Waals surface area (Å²) in [5.41, 5.74) is 1.32. The normalized spacial score (nSPS) is 11.1. The first-order valence-electron chi connectivity index (χ1n) is 4.97. The minimum atomic E-state index is -0.325. The van der Waals surface area contributed by atoms with Crippen LogP contribution in [0.5, 0.6) is 0 Å². The van der Waals surface area contributed by atoms with E-state index >= 15 is 0 Å². The molecule has 0 bridgehead atoms. The molecular weight excluding hydrogens is 323 g/mol. The first-order valence-corrected chi connectivity index (χ1v) is 6.14. The second kappa shape index (κ2) is 4.29. The van der Waals surface area contributed by atoms with Gasteiger partial charge < -0.3 is 0 Å². The molecule has 7 heteroatoms. The maximum Gasteiger partial charge on any atom is 0.169 e. The lowest BCUT2D eigenvalue weighted by Gasteiger charge is -2.01. The van der Waals surface area contributed by atoms with Gasteiger partial charge in [-0.25, -0.2) is 9.37 Å². The van der Waals surface area contributed by atoms with E-state index in [0.29, 0.717) is 21.1 Å². The Morgan fingerprint density at radius 3 is 2.83 bits per heavy atom. The molecular formula is C11H5BrClFN4. The van der Waals surface area contributed by atoms with Crippen LogP contribution in [0.15, 0.2) is 35.1 Å². The maximum absolute atomic E-state index is 13.2. The van der Waals surface area contributed by atoms with E-state index in [4.69, 9.17) is 11.6 Å². The number of hydrogen-bond donors (Lipinski definition) is 0. The van der Waals surface area contributed by atoms with Gasteiger partial charge in [-0.05, 0) is 34.1 Å². The number of aromatic nitrogens is 4. The Morgan fingerprint density at radius 1 is 1.22 bits per heavy atom. The van der Waals surface area contributed by atoms with Crippen molar-refractivity contribution in [2.24, 2.45) is 0 Å². The van der Waals surface area contributed by atoms with Crippen molar-refractivity contribution in [2.75, 3.05) is 0 Å². The molecule has 0 radical (unpaired) electrons. The monoisotopic (exact) mass is 326 g/mol. The lowest BCUT2D eigenvalue weighted by Crippen LogP contribution is -1.91. The summed E-state index contributed by atoms with van der Waals surface area (Å²) in [6.07, 6.45) is 1.53. The Balaban J connectivity index is 2.22. The zero-order valence-corrected chi connectivity index (χ0v) is 11.2. The highest BCUT2D eigenvalue weighted by molar-refractivity contribution is 9.10. The smallest absolute Gasteiger partial charge is 0.169 e. The van der Waals surface area contributed by atoms with E-state index in [1.165, 1.54) is 12.4 Å². The number of nitrogens with zero attached hydrogens (tertiary/aromatic N) is 4. The standard InChI is InChI=1S/C11H5BrClFN4/c12-7-3-6(1-2-8(7)14)11-17-16-10-4-9(13)15-5-18(10)11/h1-5H. The van der Waals surface area contributed by atoms with Crippen LogP contribution >= 0.6 is 27.5 Å². The van der Waals surface area contributed by atoms with E-state index in [0.717, 1.165) is 5.56 Å². The number of halogens is 3. The van der Waals surface area contributed by atoms with Gasteiger partial charge in [0.05, 0.1) is 4.47 Å². The summed E-state index contributed by atoms with van der Waals surface area (Å²) < 4.78 is 15.2. The van der Waals surface area contributed by atoms with E-state index in [9.17, 15) is 4.39 Å². The summed E-state index contributed by atoms with van der Waals surface area (Å²) in [7, 11) is 0. The van der Waals surface area contributed by atoms with Crippen molar-refractivity contribution >= 4 is 33.2 Å². The van der Waals surface area contributed by atoms with Gasteiger partial charge in [0.15, 0.2) is 11.5 Å². The van der Waals surface area contributed by atoms with Gasteiger partial charge in [0.25, 0.3) is 0 Å². The van der Waals surface area contributed by atoms with Gasteiger partial charge in [-0.15, -0.1) is 10.2 Å². The summed E-state index contributed by atoms with van der Waals surface area (Å²) >= 11 is 8.91. The molecule has 0 saturated carbocycles. The molecule has 0 atom stereocenters. The first kappa shape index (κ1) is 11.6. The summed E-state index contributed by atoms with van der Waals surface area (Å²) in [6.45, 7) is 0. The van der Waals surface area contributed by atoms with Gasteiger partial charge >= 0.3 is 0 Å². The van der Waals surface area contributed by atoms with Crippen LogP contribution in [-0.4, -0.2) is 19.6 Å². The molecule has 0 unspecified atom stereocenters. The Labute approximate surface area is 115 Å². The number of benzene rings is 1. The average Bonchev–Trinajstić information content (AvgIpc) is 2.75. The fraction of sp³-hybridized carbons (Fsp3) is 0. The molecule has 0 aliphatic carbocycles. The predicted octanol–water partition coefficient (Wildman–Crippen LogP) is 3.35. The van der Waals surface area contributed by atoms with Crippen LogP contribution in [0.3, 0.4) is 0 Å². The lowest BCUT2D eigenvalue weighted by molar-refractivity contribution is 0.621. The Morgan fingerprint density at radius 2 is 2.06 bits per heavy atom. The van der Waals surface area contributed by atoms with Crippen molar-refractivity contribution in [1.29, 1.82) is 0 Å². The molecule has 0 amide bonds. The molecule has 0 saturated heterocycles. The quantitative estimate of drug-likeness (QED) is 0.644. The molecule has 0 fully saturated rings. The van der Waals surface area contributed by atoms with Crippen LogP contribution in [-0.2, 0) is 0 Å². The molecule has 3 rings (SSSR count). The largest absolute Gasteiger partial charge is 0.265 e. The van der Waals surface area contributed by atoms with Gasteiger partial charge in [0.1, 0.15) is 17.3 Å². The SMILES string of the molecule is Fc1ccc(-c2nnc3cc(Cl)ncn23)cc1Br. The highest BCUT2D eigenvalue weighted by Crippen LogP contribution is 2.24. The first-order chi connectivity index (χ1) is 8.65. The zero-order valence-electron chi connectivity index (χ0n) is 8.81. The second-order valence-corrected chi connectivity index (χ2v) is 4.83. The van der Waals surface area contributed by atoms with Gasteiger partial charge in [0, 0.05) is 11.6 Å². The fourth-order valence-corrected chi connectivity index (χ4v) is 2.12. The van der Waals surface area contributed by atoms with E-state index in [-0.39, 0.29) is 5.82 Å². The number of fused-ring (bicyclic) bond motifs is 1. The fourth-order valence-electron chi connectivity index (χ4n) is 1.60. The van der Waals surface area contributed by atoms with E-state index in [1.54, 1.807) is 22.6 Å². The molecule has 4 nitrogen and oxygen atoms in total. The molecule has 18 heavy (non-hydrogen) atoms. The van der Waals surface area contributed by atoms with E-state index < -0.39 is 0 Å². The van der Waals surface area contributed by atoms with Crippen molar-refractivity contribution in [3.63, 3.8) is 0 Å². The molecule has 1 aromatic carbocycles. The summed E-state index contributed by atoms with van der Waals surface area (Å²) in [4.78, 5) is 3.97. The molecule has 90 valence electrons. The van der Waals surface area contributed by atoms with Gasteiger partial charge in [0.2, 0.25) is 0 Å². The highest BCUT2D eigenvalue weighted by Gasteiger charge is 2.10. The van der Waals surface area contributed by atoms with Crippen molar-refractivity contribution in [3.8, 4) is 11.4 Å². The van der Waals surface area contributed by atoms with Crippen LogP contribution in [0.2, 0.25) is 5.15 Å². The van der Waals surface area contributed by atoms with Crippen molar-refractivity contribution in [2.45, 2.75) is 0 Å². The maximum atomic E-state index is 13.2. The third-order valence-electron chi connectivity index (χ3n) is 2.44. The predicted molar refractivity (Wildman–Crippen MR) is 68.9 cm³/mol.